The molecular weight excluding hydrogens is 336 g/mol. The molecule has 1 heterocycles. The molecule has 3 rings (SSSR count). The molecule has 0 aliphatic carbocycles. The monoisotopic (exact) mass is 348 g/mol. The highest BCUT2D eigenvalue weighted by atomic mass is 19.4. The van der Waals surface area contributed by atoms with Crippen LogP contribution in [0.4, 0.5) is 40.6 Å². The van der Waals surface area contributed by atoms with Gasteiger partial charge in [0.25, 0.3) is 0 Å². The lowest BCUT2D eigenvalue weighted by Crippen LogP contribution is -2.04. The number of alkyl halides is 3. The molecule has 0 fully saturated rings. The third-order valence-corrected chi connectivity index (χ3v) is 3.25. The van der Waals surface area contributed by atoms with Crippen molar-refractivity contribution in [2.24, 2.45) is 0 Å². The predicted molar refractivity (Wildman–Crippen MR) is 86.4 cm³/mol. The minimum Gasteiger partial charge on any atom is -0.340 e. The largest absolute Gasteiger partial charge is 0.416 e. The van der Waals surface area contributed by atoms with E-state index in [4.69, 9.17) is 0 Å². The molecule has 0 saturated carbocycles. The van der Waals surface area contributed by atoms with E-state index in [9.17, 15) is 17.6 Å². The van der Waals surface area contributed by atoms with Crippen molar-refractivity contribution < 1.29 is 17.6 Å². The number of hydrogen-bond acceptors (Lipinski definition) is 4. The molecule has 3 aromatic rings. The highest BCUT2D eigenvalue weighted by Gasteiger charge is 2.29. The Morgan fingerprint density at radius 2 is 1.40 bits per heavy atom. The summed E-state index contributed by atoms with van der Waals surface area (Å²) in [5, 5.41) is 5.81. The highest BCUT2D eigenvalue weighted by molar-refractivity contribution is 5.62. The third-order valence-electron chi connectivity index (χ3n) is 3.25. The van der Waals surface area contributed by atoms with Crippen molar-refractivity contribution in [2.75, 3.05) is 10.6 Å². The number of nitrogens with one attached hydrogen (secondary N) is 2. The summed E-state index contributed by atoms with van der Waals surface area (Å²) in [4.78, 5) is 8.03. The molecule has 25 heavy (non-hydrogen) atoms. The Hall–Kier alpha value is -3.16. The average Bonchev–Trinajstić information content (AvgIpc) is 2.55. The Kier molecular flexibility index (Phi) is 4.51. The molecule has 4 nitrogen and oxygen atoms in total. The summed E-state index contributed by atoms with van der Waals surface area (Å²) < 4.78 is 50.9. The van der Waals surface area contributed by atoms with Gasteiger partial charge in [0.15, 0.2) is 0 Å². The first-order chi connectivity index (χ1) is 11.9. The van der Waals surface area contributed by atoms with Crippen LogP contribution in [0.1, 0.15) is 5.56 Å². The normalized spacial score (nSPS) is 11.2. The van der Waals surface area contributed by atoms with E-state index in [2.05, 4.69) is 20.6 Å². The third kappa shape index (κ3) is 4.43. The maximum atomic E-state index is 13.2. The van der Waals surface area contributed by atoms with Crippen LogP contribution < -0.4 is 10.6 Å². The molecule has 0 atom stereocenters. The number of nitrogens with zero attached hydrogens (tertiary/aromatic N) is 2. The van der Waals surface area contributed by atoms with E-state index < -0.39 is 11.7 Å². The van der Waals surface area contributed by atoms with E-state index in [0.717, 1.165) is 12.1 Å². The van der Waals surface area contributed by atoms with Gasteiger partial charge in [0.1, 0.15) is 23.8 Å². The van der Waals surface area contributed by atoms with Gasteiger partial charge in [-0.1, -0.05) is 6.07 Å². The van der Waals surface area contributed by atoms with Crippen molar-refractivity contribution in [3.05, 3.63) is 72.3 Å². The zero-order chi connectivity index (χ0) is 17.9. The number of benzene rings is 2. The maximum Gasteiger partial charge on any atom is 0.416 e. The van der Waals surface area contributed by atoms with Gasteiger partial charge in [0.2, 0.25) is 0 Å². The van der Waals surface area contributed by atoms with Gasteiger partial charge in [-0.25, -0.2) is 14.4 Å². The molecule has 0 radical (unpaired) electrons. The second kappa shape index (κ2) is 6.76. The molecule has 0 amide bonds. The van der Waals surface area contributed by atoms with Gasteiger partial charge in [-0.2, -0.15) is 13.2 Å². The van der Waals surface area contributed by atoms with Crippen molar-refractivity contribution in [2.45, 2.75) is 6.18 Å². The Bertz CT molecular complexity index is 863. The van der Waals surface area contributed by atoms with Crippen LogP contribution in [0.15, 0.2) is 60.9 Å². The fourth-order valence-electron chi connectivity index (χ4n) is 2.10. The first kappa shape index (κ1) is 16.7. The summed E-state index contributed by atoms with van der Waals surface area (Å²) in [6.45, 7) is 0. The van der Waals surface area contributed by atoms with Crippen molar-refractivity contribution in [1.82, 2.24) is 9.97 Å². The predicted octanol–water partition coefficient (Wildman–Crippen LogP) is 5.12. The molecular formula is C17H12F4N4. The van der Waals surface area contributed by atoms with Gasteiger partial charge >= 0.3 is 6.18 Å². The zero-order valence-electron chi connectivity index (χ0n) is 12.7. The Labute approximate surface area is 140 Å². The average molecular weight is 348 g/mol. The lowest BCUT2D eigenvalue weighted by molar-refractivity contribution is -0.137. The van der Waals surface area contributed by atoms with Crippen LogP contribution in [0.3, 0.4) is 0 Å². The van der Waals surface area contributed by atoms with Gasteiger partial charge in [0, 0.05) is 17.4 Å². The van der Waals surface area contributed by atoms with Gasteiger partial charge in [-0.3, -0.25) is 0 Å². The van der Waals surface area contributed by atoms with Crippen LogP contribution in [0.5, 0.6) is 0 Å². The summed E-state index contributed by atoms with van der Waals surface area (Å²) in [5.41, 5.74) is 0.233. The van der Waals surface area contributed by atoms with E-state index in [1.807, 2.05) is 0 Å². The van der Waals surface area contributed by atoms with Crippen LogP contribution in [-0.4, -0.2) is 9.97 Å². The Morgan fingerprint density at radius 3 is 2.00 bits per heavy atom. The number of anilines is 4. The molecule has 0 bridgehead atoms. The van der Waals surface area contributed by atoms with Crippen LogP contribution in [0.25, 0.3) is 0 Å². The number of halogens is 4. The standard InChI is InChI=1S/C17H12F4N4/c18-12-2-1-3-14(8-12)25-16-9-15(22-10-23-16)24-13-6-4-11(5-7-13)17(19,20)21/h1-10H,(H2,22,23,24,25). The fraction of sp³-hybridized carbons (Fsp3) is 0.0588. The Morgan fingerprint density at radius 1 is 0.760 bits per heavy atom. The van der Waals surface area contributed by atoms with Gasteiger partial charge < -0.3 is 10.6 Å². The van der Waals surface area contributed by atoms with Crippen LogP contribution >= 0.6 is 0 Å². The minimum atomic E-state index is -4.38. The second-order valence-electron chi connectivity index (χ2n) is 5.12. The summed E-state index contributed by atoms with van der Waals surface area (Å²) in [5.74, 6) is 0.408. The molecule has 0 aliphatic rings. The Balaban J connectivity index is 1.73. The zero-order valence-corrected chi connectivity index (χ0v) is 12.7. The van der Waals surface area contributed by atoms with E-state index >= 15 is 0 Å². The maximum absolute atomic E-state index is 13.2. The molecule has 0 saturated heterocycles. The van der Waals surface area contributed by atoms with Crippen LogP contribution in [0, 0.1) is 5.82 Å². The number of hydrogen-bond donors (Lipinski definition) is 2. The van der Waals surface area contributed by atoms with Gasteiger partial charge in [-0.15, -0.1) is 0 Å². The van der Waals surface area contributed by atoms with Crippen LogP contribution in [-0.2, 0) is 6.18 Å². The number of rotatable bonds is 4. The lowest BCUT2D eigenvalue weighted by Gasteiger charge is -2.10. The molecule has 128 valence electrons. The molecule has 2 aromatic carbocycles. The molecule has 8 heteroatoms. The highest BCUT2D eigenvalue weighted by Crippen LogP contribution is 2.30. The topological polar surface area (TPSA) is 49.8 Å². The molecule has 0 unspecified atom stereocenters. The summed E-state index contributed by atoms with van der Waals surface area (Å²) in [7, 11) is 0. The van der Waals surface area contributed by atoms with Gasteiger partial charge in [0.05, 0.1) is 5.56 Å². The molecule has 2 N–H and O–H groups in total. The summed E-state index contributed by atoms with van der Waals surface area (Å²) in [6.07, 6.45) is -3.09. The second-order valence-corrected chi connectivity index (χ2v) is 5.12. The quantitative estimate of drug-likeness (QED) is 0.643. The fourth-order valence-corrected chi connectivity index (χ4v) is 2.10. The van der Waals surface area contributed by atoms with E-state index in [-0.39, 0.29) is 5.82 Å². The minimum absolute atomic E-state index is 0.383. The molecule has 0 aliphatic heterocycles. The van der Waals surface area contributed by atoms with E-state index in [1.54, 1.807) is 18.2 Å². The molecule has 1 aromatic heterocycles. The van der Waals surface area contributed by atoms with Gasteiger partial charge in [-0.05, 0) is 42.5 Å². The van der Waals surface area contributed by atoms with Crippen LogP contribution in [0.2, 0.25) is 0 Å². The smallest absolute Gasteiger partial charge is 0.340 e. The lowest BCUT2D eigenvalue weighted by atomic mass is 10.2. The summed E-state index contributed by atoms with van der Waals surface area (Å²) in [6, 6.07) is 12.0. The van der Waals surface area contributed by atoms with E-state index in [1.165, 1.54) is 30.6 Å². The van der Waals surface area contributed by atoms with E-state index in [0.29, 0.717) is 23.0 Å². The SMILES string of the molecule is Fc1cccc(Nc2cc(Nc3ccc(C(F)(F)F)cc3)ncn2)c1. The first-order valence-electron chi connectivity index (χ1n) is 7.19. The van der Waals surface area contributed by atoms with Crippen molar-refractivity contribution in [1.29, 1.82) is 0 Å². The van der Waals surface area contributed by atoms with Crippen molar-refractivity contribution >= 4 is 23.0 Å². The first-order valence-corrected chi connectivity index (χ1v) is 7.19. The number of aromatic nitrogens is 2. The van der Waals surface area contributed by atoms with Crippen molar-refractivity contribution in [3.8, 4) is 0 Å². The summed E-state index contributed by atoms with van der Waals surface area (Å²) >= 11 is 0. The molecule has 0 spiro atoms. The van der Waals surface area contributed by atoms with Crippen molar-refractivity contribution in [3.63, 3.8) is 0 Å².